The summed E-state index contributed by atoms with van der Waals surface area (Å²) in [5.41, 5.74) is 6.52. The summed E-state index contributed by atoms with van der Waals surface area (Å²) >= 11 is 1.55. The molecule has 0 spiro atoms. The average Bonchev–Trinajstić information content (AvgIpc) is 3.46. The van der Waals surface area contributed by atoms with Crippen molar-refractivity contribution in [1.82, 2.24) is 30.7 Å². The molecule has 180 valence electrons. The first-order valence-corrected chi connectivity index (χ1v) is 11.8. The van der Waals surface area contributed by atoms with E-state index in [-0.39, 0.29) is 0 Å². The van der Waals surface area contributed by atoms with Crippen molar-refractivity contribution in [2.75, 3.05) is 19.4 Å². The third-order valence-corrected chi connectivity index (χ3v) is 5.34. The van der Waals surface area contributed by atoms with Crippen molar-refractivity contribution >= 4 is 46.5 Å². The van der Waals surface area contributed by atoms with Crippen molar-refractivity contribution in [2.24, 2.45) is 5.10 Å². The molecule has 0 aliphatic carbocycles. The minimum Gasteiger partial charge on any atom is -0.394 e. The highest BCUT2D eigenvalue weighted by Crippen LogP contribution is 2.31. The molecule has 0 saturated carbocycles. The molecule has 1 amide bonds. The third-order valence-electron chi connectivity index (χ3n) is 4.24. The van der Waals surface area contributed by atoms with Crippen LogP contribution in [-0.4, -0.2) is 46.7 Å². The molecule has 0 bridgehead atoms. The average molecular weight is 481 g/mol. The van der Waals surface area contributed by atoms with E-state index in [1.807, 2.05) is 44.6 Å². The number of fused-ring (bicyclic) bond motifs is 1. The van der Waals surface area contributed by atoms with Gasteiger partial charge in [0.15, 0.2) is 5.65 Å². The van der Waals surface area contributed by atoms with Crippen molar-refractivity contribution in [2.45, 2.75) is 33.1 Å². The molecule has 34 heavy (non-hydrogen) atoms. The first-order valence-electron chi connectivity index (χ1n) is 11.0. The molecule has 0 radical (unpaired) electrons. The van der Waals surface area contributed by atoms with Crippen molar-refractivity contribution in [1.29, 1.82) is 0 Å². The molecule has 0 aliphatic rings. The van der Waals surface area contributed by atoms with Crippen LogP contribution in [0.4, 0.5) is 5.82 Å². The predicted octanol–water partition coefficient (Wildman–Crippen LogP) is 4.06. The second-order valence-corrected chi connectivity index (χ2v) is 8.23. The number of imidazole rings is 1. The number of nitrogens with one attached hydrogen (secondary N) is 4. The summed E-state index contributed by atoms with van der Waals surface area (Å²) in [6, 6.07) is 3.90. The standard InChI is InChI=1S/C21H24N8OS.C3H8/c1-14(8-9-22-2)10-18-29-21(23-3)19(31-18)15(11-26-27-13-30)4-5-16-6-7-17-20(28-16)25-12-24-17;1-3-2/h4,6-9,11-13,22-23H,1,5,10H2,2-3H3,(H,27,30)(H,24,25,28);3H2,1-2H3/b9-8-,15-4+,26-11-;. The molecule has 9 nitrogen and oxygen atoms in total. The molecule has 3 aromatic heterocycles. The zero-order chi connectivity index (χ0) is 24.8. The van der Waals surface area contributed by atoms with Crippen LogP contribution in [0.15, 0.2) is 54.1 Å². The Balaban J connectivity index is 0.00000129. The van der Waals surface area contributed by atoms with Crippen molar-refractivity contribution in [3.8, 4) is 0 Å². The lowest BCUT2D eigenvalue weighted by molar-refractivity contribution is -0.109. The Kier molecular flexibility index (Phi) is 11.2. The van der Waals surface area contributed by atoms with Gasteiger partial charge in [0.25, 0.3) is 0 Å². The van der Waals surface area contributed by atoms with Crippen molar-refractivity contribution < 1.29 is 4.79 Å². The van der Waals surface area contributed by atoms with Crippen LogP contribution in [0.1, 0.15) is 35.8 Å². The largest absolute Gasteiger partial charge is 0.394 e. The minimum atomic E-state index is 0.524. The number of rotatable bonds is 11. The number of hydrogen-bond donors (Lipinski definition) is 4. The number of nitrogens with zero attached hydrogens (tertiary/aromatic N) is 4. The Bertz CT molecular complexity index is 1160. The van der Waals surface area contributed by atoms with Gasteiger partial charge in [0.2, 0.25) is 6.41 Å². The van der Waals surface area contributed by atoms with E-state index in [1.54, 1.807) is 23.9 Å². The molecule has 3 heterocycles. The zero-order valence-corrected chi connectivity index (χ0v) is 20.9. The van der Waals surface area contributed by atoms with Gasteiger partial charge in [0.05, 0.1) is 27.9 Å². The Morgan fingerprint density at radius 2 is 2.06 bits per heavy atom. The summed E-state index contributed by atoms with van der Waals surface area (Å²) in [4.78, 5) is 28.0. The van der Waals surface area contributed by atoms with E-state index in [2.05, 4.69) is 61.5 Å². The Hall–Kier alpha value is -3.79. The van der Waals surface area contributed by atoms with E-state index in [9.17, 15) is 4.79 Å². The number of thiazole rings is 1. The maximum absolute atomic E-state index is 10.6. The highest BCUT2D eigenvalue weighted by Gasteiger charge is 2.14. The molecule has 0 fully saturated rings. The number of H-pyrrole nitrogens is 1. The fraction of sp³-hybridized carbons (Fsp3) is 0.292. The summed E-state index contributed by atoms with van der Waals surface area (Å²) in [6.07, 6.45) is 12.0. The quantitative estimate of drug-likeness (QED) is 0.142. The van der Waals surface area contributed by atoms with Crippen LogP contribution in [0.5, 0.6) is 0 Å². The van der Waals surface area contributed by atoms with E-state index in [4.69, 9.17) is 0 Å². The molecular weight excluding hydrogens is 448 g/mol. The highest BCUT2D eigenvalue weighted by molar-refractivity contribution is 7.13. The second kappa shape index (κ2) is 14.4. The summed E-state index contributed by atoms with van der Waals surface area (Å²) in [5, 5.41) is 11.0. The molecule has 10 heteroatoms. The summed E-state index contributed by atoms with van der Waals surface area (Å²) in [7, 11) is 3.66. The number of anilines is 1. The van der Waals surface area contributed by atoms with Gasteiger partial charge in [-0.15, -0.1) is 11.3 Å². The minimum absolute atomic E-state index is 0.524. The van der Waals surface area contributed by atoms with E-state index < -0.39 is 0 Å². The Morgan fingerprint density at radius 1 is 1.26 bits per heavy atom. The number of pyridine rings is 1. The first-order chi connectivity index (χ1) is 16.6. The van der Waals surface area contributed by atoms with Crippen molar-refractivity contribution in [3.63, 3.8) is 0 Å². The number of aromatic amines is 1. The monoisotopic (exact) mass is 480 g/mol. The van der Waals surface area contributed by atoms with Crippen LogP contribution in [0.3, 0.4) is 0 Å². The van der Waals surface area contributed by atoms with Crippen molar-refractivity contribution in [3.05, 3.63) is 64.5 Å². The van der Waals surface area contributed by atoms with Gasteiger partial charge in [-0.25, -0.2) is 20.4 Å². The Morgan fingerprint density at radius 3 is 2.76 bits per heavy atom. The summed E-state index contributed by atoms with van der Waals surface area (Å²) in [6.45, 7) is 8.32. The number of amides is 1. The third kappa shape index (κ3) is 7.96. The number of carbonyl (C=O) groups excluding carboxylic acids is 1. The van der Waals surface area contributed by atoms with E-state index in [0.29, 0.717) is 24.9 Å². The number of carbonyl (C=O) groups is 1. The Labute approximate surface area is 204 Å². The smallest absolute Gasteiger partial charge is 0.227 e. The number of hydrogen-bond acceptors (Lipinski definition) is 8. The van der Waals surface area contributed by atoms with Crippen LogP contribution in [0.25, 0.3) is 16.7 Å². The molecule has 4 N–H and O–H groups in total. The molecule has 0 saturated heterocycles. The predicted molar refractivity (Wildman–Crippen MR) is 142 cm³/mol. The van der Waals surface area contributed by atoms with Crippen LogP contribution < -0.4 is 16.1 Å². The fourth-order valence-electron chi connectivity index (χ4n) is 2.79. The van der Waals surface area contributed by atoms with Crippen LogP contribution in [0, 0.1) is 0 Å². The number of hydrazone groups is 1. The molecule has 0 aromatic carbocycles. The maximum atomic E-state index is 10.6. The topological polar surface area (TPSA) is 120 Å². The molecule has 3 rings (SSSR count). The summed E-state index contributed by atoms with van der Waals surface area (Å²) in [5.74, 6) is 0.741. The SMILES string of the molecule is C=C(/C=C\NC)Cc1nc(NC)c(C(/C=N\NC=O)=C/Cc2ccc3[nH]cnc3n2)s1.CCC. The van der Waals surface area contributed by atoms with Gasteiger partial charge in [-0.05, 0) is 30.0 Å². The normalized spacial score (nSPS) is 11.5. The molecular formula is C24H32N8OS. The fourth-order valence-corrected chi connectivity index (χ4v) is 3.92. The van der Waals surface area contributed by atoms with Gasteiger partial charge in [-0.2, -0.15) is 5.10 Å². The van der Waals surface area contributed by atoms with Crippen LogP contribution in [-0.2, 0) is 17.6 Å². The van der Waals surface area contributed by atoms with Gasteiger partial charge < -0.3 is 15.6 Å². The van der Waals surface area contributed by atoms with Gasteiger partial charge in [0, 0.05) is 38.2 Å². The molecule has 0 aliphatic heterocycles. The maximum Gasteiger partial charge on any atom is 0.227 e. The van der Waals surface area contributed by atoms with Gasteiger partial charge >= 0.3 is 0 Å². The van der Waals surface area contributed by atoms with Gasteiger partial charge in [-0.3, -0.25) is 4.79 Å². The van der Waals surface area contributed by atoms with Gasteiger partial charge in [0.1, 0.15) is 5.82 Å². The molecule has 0 atom stereocenters. The van der Waals surface area contributed by atoms with Crippen LogP contribution in [0.2, 0.25) is 0 Å². The highest BCUT2D eigenvalue weighted by atomic mass is 32.1. The first kappa shape index (κ1) is 26.5. The second-order valence-electron chi connectivity index (χ2n) is 7.14. The lowest BCUT2D eigenvalue weighted by Gasteiger charge is -2.03. The number of aromatic nitrogens is 4. The van der Waals surface area contributed by atoms with E-state index >= 15 is 0 Å². The lowest BCUT2D eigenvalue weighted by Crippen LogP contribution is -2.02. The van der Waals surface area contributed by atoms with E-state index in [1.165, 1.54) is 6.42 Å². The zero-order valence-electron chi connectivity index (χ0n) is 20.1. The van der Waals surface area contributed by atoms with Gasteiger partial charge in [-0.1, -0.05) is 32.9 Å². The van der Waals surface area contributed by atoms with Crippen LogP contribution >= 0.6 is 11.3 Å². The molecule has 0 unspecified atom stereocenters. The number of allylic oxidation sites excluding steroid dienone is 4. The lowest BCUT2D eigenvalue weighted by atomic mass is 10.1. The molecule has 3 aromatic rings. The van der Waals surface area contributed by atoms with E-state index in [0.717, 1.165) is 38.1 Å². The summed E-state index contributed by atoms with van der Waals surface area (Å²) < 4.78 is 0.